The quantitative estimate of drug-likeness (QED) is 0.529. The highest BCUT2D eigenvalue weighted by Gasteiger charge is 2.45. The van der Waals surface area contributed by atoms with Gasteiger partial charge < -0.3 is 10.4 Å². The number of nitrogens with one attached hydrogen (secondary N) is 2. The van der Waals surface area contributed by atoms with Gasteiger partial charge in [0.1, 0.15) is 6.04 Å². The van der Waals surface area contributed by atoms with Crippen molar-refractivity contribution in [3.05, 3.63) is 47.3 Å². The van der Waals surface area contributed by atoms with Gasteiger partial charge in [0.05, 0.1) is 22.9 Å². The molecule has 1 aliphatic carbocycles. The van der Waals surface area contributed by atoms with Crippen LogP contribution in [0, 0.1) is 5.92 Å². The van der Waals surface area contributed by atoms with Gasteiger partial charge in [-0.3, -0.25) is 34.1 Å². The minimum atomic E-state index is -0.997. The molecule has 2 aliphatic heterocycles. The average Bonchev–Trinajstić information content (AvgIpc) is 3.39. The Bertz CT molecular complexity index is 1230. The van der Waals surface area contributed by atoms with Gasteiger partial charge in [-0.1, -0.05) is 6.07 Å². The van der Waals surface area contributed by atoms with Crippen LogP contribution in [0.1, 0.15) is 69.6 Å². The maximum absolute atomic E-state index is 13.2. The molecule has 35 heavy (non-hydrogen) atoms. The molecule has 2 fully saturated rings. The van der Waals surface area contributed by atoms with E-state index in [0.717, 1.165) is 30.6 Å². The number of benzene rings is 1. The molecule has 5 rings (SSSR count). The molecule has 0 spiro atoms. The number of carbonyl (C=O) groups is 5. The molecule has 1 saturated carbocycles. The lowest BCUT2D eigenvalue weighted by atomic mass is 9.85. The van der Waals surface area contributed by atoms with Gasteiger partial charge in [0.15, 0.2) is 0 Å². The van der Waals surface area contributed by atoms with Crippen LogP contribution in [0.15, 0.2) is 30.6 Å². The summed E-state index contributed by atoms with van der Waals surface area (Å²) in [5.74, 6) is -2.71. The van der Waals surface area contributed by atoms with Crippen LogP contribution in [0.2, 0.25) is 0 Å². The SMILES string of the molecule is O=C1CCC(N2C(=O)c3cccc(NC4CCC(Cn5cc(C(=O)O)cn5)CC4)c3C2=O)C(=O)N1. The molecule has 2 aromatic rings. The van der Waals surface area contributed by atoms with Crippen molar-refractivity contribution in [3.8, 4) is 0 Å². The summed E-state index contributed by atoms with van der Waals surface area (Å²) < 4.78 is 1.67. The molecule has 1 aromatic carbocycles. The van der Waals surface area contributed by atoms with E-state index in [1.807, 2.05) is 0 Å². The number of imide groups is 2. The number of piperidine rings is 1. The second-order valence-electron chi connectivity index (χ2n) is 9.29. The third-order valence-electron chi connectivity index (χ3n) is 7.00. The number of aromatic nitrogens is 2. The van der Waals surface area contributed by atoms with E-state index in [-0.39, 0.29) is 35.6 Å². The van der Waals surface area contributed by atoms with Crippen LogP contribution in [0.4, 0.5) is 5.69 Å². The average molecular weight is 479 g/mol. The lowest BCUT2D eigenvalue weighted by Crippen LogP contribution is -2.54. The second-order valence-corrected chi connectivity index (χ2v) is 9.29. The van der Waals surface area contributed by atoms with Crippen molar-refractivity contribution in [3.63, 3.8) is 0 Å². The third kappa shape index (κ3) is 4.29. The normalized spacial score (nSPS) is 24.3. The Morgan fingerprint density at radius 2 is 1.86 bits per heavy atom. The van der Waals surface area contributed by atoms with E-state index in [0.29, 0.717) is 18.2 Å². The van der Waals surface area contributed by atoms with Gasteiger partial charge in [0, 0.05) is 30.9 Å². The standard InChI is InChI=1S/C24H25N5O6/c30-19-9-8-18(21(31)27-19)29-22(32)16-2-1-3-17(20(16)23(29)33)26-15-6-4-13(5-7-15)11-28-12-14(10-25-28)24(34)35/h1-3,10,12-13,15,18,26H,4-9,11H2,(H,34,35)(H,27,30,31). The number of carbonyl (C=O) groups excluding carboxylic acids is 4. The number of carboxylic acids is 1. The second kappa shape index (κ2) is 8.97. The first-order valence-corrected chi connectivity index (χ1v) is 11.7. The lowest BCUT2D eigenvalue weighted by molar-refractivity contribution is -0.136. The van der Waals surface area contributed by atoms with Gasteiger partial charge in [-0.2, -0.15) is 5.10 Å². The summed E-state index contributed by atoms with van der Waals surface area (Å²) in [6, 6.07) is 4.18. The van der Waals surface area contributed by atoms with E-state index in [9.17, 15) is 24.0 Å². The van der Waals surface area contributed by atoms with Gasteiger partial charge >= 0.3 is 5.97 Å². The molecule has 0 radical (unpaired) electrons. The predicted octanol–water partition coefficient (Wildman–Crippen LogP) is 1.65. The van der Waals surface area contributed by atoms with Crippen molar-refractivity contribution < 1.29 is 29.1 Å². The molecular weight excluding hydrogens is 454 g/mol. The van der Waals surface area contributed by atoms with Crippen LogP contribution in [0.3, 0.4) is 0 Å². The molecule has 1 saturated heterocycles. The van der Waals surface area contributed by atoms with Crippen molar-refractivity contribution in [2.45, 2.75) is 57.2 Å². The number of rotatable bonds is 6. The zero-order valence-corrected chi connectivity index (χ0v) is 18.9. The summed E-state index contributed by atoms with van der Waals surface area (Å²) in [6.45, 7) is 0.647. The Kier molecular flexibility index (Phi) is 5.83. The van der Waals surface area contributed by atoms with Crippen molar-refractivity contribution in [2.75, 3.05) is 5.32 Å². The van der Waals surface area contributed by atoms with Crippen molar-refractivity contribution in [1.29, 1.82) is 0 Å². The smallest absolute Gasteiger partial charge is 0.338 e. The number of hydrogen-bond donors (Lipinski definition) is 3. The van der Waals surface area contributed by atoms with Crippen LogP contribution < -0.4 is 10.6 Å². The van der Waals surface area contributed by atoms with Crippen LogP contribution in [-0.2, 0) is 16.1 Å². The van der Waals surface area contributed by atoms with Crippen molar-refractivity contribution >= 4 is 35.3 Å². The number of anilines is 1. The minimum Gasteiger partial charge on any atom is -0.478 e. The Labute approximate surface area is 200 Å². The summed E-state index contributed by atoms with van der Waals surface area (Å²) in [7, 11) is 0. The van der Waals surface area contributed by atoms with E-state index >= 15 is 0 Å². The van der Waals surface area contributed by atoms with Crippen LogP contribution in [0.5, 0.6) is 0 Å². The summed E-state index contributed by atoms with van der Waals surface area (Å²) in [4.78, 5) is 62.1. The zero-order valence-electron chi connectivity index (χ0n) is 18.9. The third-order valence-corrected chi connectivity index (χ3v) is 7.00. The number of nitrogens with zero attached hydrogens (tertiary/aromatic N) is 3. The number of hydrogen-bond acceptors (Lipinski definition) is 7. The van der Waals surface area contributed by atoms with Gasteiger partial charge in [-0.25, -0.2) is 4.79 Å². The monoisotopic (exact) mass is 479 g/mol. The fourth-order valence-corrected chi connectivity index (χ4v) is 5.18. The lowest BCUT2D eigenvalue weighted by Gasteiger charge is -2.30. The fourth-order valence-electron chi connectivity index (χ4n) is 5.18. The van der Waals surface area contributed by atoms with E-state index < -0.39 is 35.6 Å². The maximum Gasteiger partial charge on any atom is 0.338 e. The summed E-state index contributed by atoms with van der Waals surface area (Å²) >= 11 is 0. The van der Waals surface area contributed by atoms with Crippen molar-refractivity contribution in [1.82, 2.24) is 20.0 Å². The van der Waals surface area contributed by atoms with E-state index in [1.54, 1.807) is 22.9 Å². The van der Waals surface area contributed by atoms with E-state index in [4.69, 9.17) is 5.11 Å². The molecule has 1 unspecified atom stereocenters. The first-order chi connectivity index (χ1) is 16.8. The highest BCUT2D eigenvalue weighted by molar-refractivity contribution is 6.25. The van der Waals surface area contributed by atoms with Gasteiger partial charge in [0.25, 0.3) is 11.8 Å². The van der Waals surface area contributed by atoms with Crippen LogP contribution in [0.25, 0.3) is 0 Å². The largest absolute Gasteiger partial charge is 0.478 e. The first kappa shape index (κ1) is 22.8. The molecule has 3 aliphatic rings. The predicted molar refractivity (Wildman–Crippen MR) is 122 cm³/mol. The van der Waals surface area contributed by atoms with Crippen LogP contribution in [-0.4, -0.2) is 61.5 Å². The molecule has 4 amide bonds. The first-order valence-electron chi connectivity index (χ1n) is 11.7. The van der Waals surface area contributed by atoms with E-state index in [2.05, 4.69) is 15.7 Å². The van der Waals surface area contributed by atoms with Gasteiger partial charge in [0.2, 0.25) is 11.8 Å². The molecule has 0 bridgehead atoms. The zero-order chi connectivity index (χ0) is 24.7. The molecule has 1 atom stereocenters. The topological polar surface area (TPSA) is 151 Å². The van der Waals surface area contributed by atoms with E-state index in [1.165, 1.54) is 12.4 Å². The minimum absolute atomic E-state index is 0.0777. The van der Waals surface area contributed by atoms with Crippen molar-refractivity contribution in [2.24, 2.45) is 5.92 Å². The molecule has 3 heterocycles. The number of amides is 4. The van der Waals surface area contributed by atoms with Gasteiger partial charge in [-0.15, -0.1) is 0 Å². The highest BCUT2D eigenvalue weighted by Crippen LogP contribution is 2.34. The number of aromatic carboxylic acids is 1. The molecule has 11 heteroatoms. The fraction of sp³-hybridized carbons (Fsp3) is 0.417. The number of carboxylic acid groups (broad SMARTS) is 1. The molecular formula is C24H25N5O6. The molecule has 11 nitrogen and oxygen atoms in total. The Balaban J connectivity index is 1.24. The van der Waals surface area contributed by atoms with Crippen LogP contribution >= 0.6 is 0 Å². The summed E-state index contributed by atoms with van der Waals surface area (Å²) in [5, 5.41) is 18.8. The van der Waals surface area contributed by atoms with Gasteiger partial charge in [-0.05, 0) is 50.2 Å². The summed E-state index contributed by atoms with van der Waals surface area (Å²) in [6.07, 6.45) is 6.59. The Morgan fingerprint density at radius 1 is 1.09 bits per heavy atom. The number of fused-ring (bicyclic) bond motifs is 1. The Morgan fingerprint density at radius 3 is 2.54 bits per heavy atom. The molecule has 3 N–H and O–H groups in total. The summed E-state index contributed by atoms with van der Waals surface area (Å²) in [5.41, 5.74) is 1.26. The highest BCUT2D eigenvalue weighted by atomic mass is 16.4. The Hall–Kier alpha value is -4.02. The molecule has 1 aromatic heterocycles. The molecule has 182 valence electrons. The maximum atomic E-state index is 13.2.